The van der Waals surface area contributed by atoms with E-state index in [2.05, 4.69) is 58.7 Å². The standard InChI is InChI=1S/C13H23BrN2/c1-4-11(10-14)9-12-7-8-16(15-12)13(5-2)6-3/h7-8,11,13H,4-6,9-10H2,1-3H3. The molecule has 0 saturated heterocycles. The van der Waals surface area contributed by atoms with Gasteiger partial charge in [0.25, 0.3) is 0 Å². The van der Waals surface area contributed by atoms with Crippen molar-refractivity contribution in [3.63, 3.8) is 0 Å². The normalized spacial score (nSPS) is 13.3. The SMILES string of the molecule is CCC(CBr)Cc1ccn(C(CC)CC)n1. The zero-order valence-electron chi connectivity index (χ0n) is 10.6. The van der Waals surface area contributed by atoms with E-state index < -0.39 is 0 Å². The molecule has 1 heterocycles. The van der Waals surface area contributed by atoms with Crippen LogP contribution < -0.4 is 0 Å². The number of hydrogen-bond acceptors (Lipinski definition) is 1. The van der Waals surface area contributed by atoms with Gasteiger partial charge in [0.05, 0.1) is 11.7 Å². The maximum absolute atomic E-state index is 4.68. The summed E-state index contributed by atoms with van der Waals surface area (Å²) in [6, 6.07) is 2.74. The van der Waals surface area contributed by atoms with Crippen molar-refractivity contribution in [2.45, 2.75) is 52.5 Å². The molecule has 0 spiro atoms. The average molecular weight is 287 g/mol. The third-order valence-electron chi connectivity index (χ3n) is 3.27. The minimum absolute atomic E-state index is 0.567. The topological polar surface area (TPSA) is 17.8 Å². The Labute approximate surface area is 108 Å². The lowest BCUT2D eigenvalue weighted by Crippen LogP contribution is -2.09. The smallest absolute Gasteiger partial charge is 0.0627 e. The van der Waals surface area contributed by atoms with Gasteiger partial charge < -0.3 is 0 Å². The molecule has 16 heavy (non-hydrogen) atoms. The quantitative estimate of drug-likeness (QED) is 0.687. The number of aromatic nitrogens is 2. The Morgan fingerprint density at radius 2 is 1.94 bits per heavy atom. The van der Waals surface area contributed by atoms with Gasteiger partial charge in [-0.1, -0.05) is 43.1 Å². The Kier molecular flexibility index (Phi) is 6.10. The largest absolute Gasteiger partial charge is 0.269 e. The predicted octanol–water partition coefficient (Wildman–Crippen LogP) is 4.21. The van der Waals surface area contributed by atoms with Gasteiger partial charge in [0.2, 0.25) is 0 Å². The molecule has 1 unspecified atom stereocenters. The van der Waals surface area contributed by atoms with Crippen molar-refractivity contribution in [1.82, 2.24) is 9.78 Å². The number of nitrogens with zero attached hydrogens (tertiary/aromatic N) is 2. The van der Waals surface area contributed by atoms with Gasteiger partial charge in [0.1, 0.15) is 0 Å². The van der Waals surface area contributed by atoms with E-state index in [0.717, 1.165) is 24.6 Å². The van der Waals surface area contributed by atoms with Crippen LogP contribution in [0.15, 0.2) is 12.3 Å². The molecular weight excluding hydrogens is 264 g/mol. The van der Waals surface area contributed by atoms with E-state index in [4.69, 9.17) is 0 Å². The van der Waals surface area contributed by atoms with Crippen molar-refractivity contribution in [3.8, 4) is 0 Å². The van der Waals surface area contributed by atoms with E-state index in [0.29, 0.717) is 12.0 Å². The Morgan fingerprint density at radius 3 is 2.44 bits per heavy atom. The van der Waals surface area contributed by atoms with Gasteiger partial charge >= 0.3 is 0 Å². The highest BCUT2D eigenvalue weighted by Crippen LogP contribution is 2.17. The molecule has 1 aromatic heterocycles. The number of hydrogen-bond donors (Lipinski definition) is 0. The Bertz CT molecular complexity index is 288. The summed E-state index contributed by atoms with van der Waals surface area (Å²) in [5, 5.41) is 5.75. The highest BCUT2D eigenvalue weighted by Gasteiger charge is 2.11. The van der Waals surface area contributed by atoms with E-state index >= 15 is 0 Å². The van der Waals surface area contributed by atoms with E-state index in [1.165, 1.54) is 12.1 Å². The molecule has 1 atom stereocenters. The minimum Gasteiger partial charge on any atom is -0.269 e. The molecule has 2 nitrogen and oxygen atoms in total. The summed E-state index contributed by atoms with van der Waals surface area (Å²) >= 11 is 3.56. The second-order valence-corrected chi connectivity index (χ2v) is 5.04. The molecule has 0 saturated carbocycles. The van der Waals surface area contributed by atoms with Crippen LogP contribution in [0.3, 0.4) is 0 Å². The first-order valence-electron chi connectivity index (χ1n) is 6.35. The second kappa shape index (κ2) is 7.10. The van der Waals surface area contributed by atoms with Crippen LogP contribution in [-0.2, 0) is 6.42 Å². The predicted molar refractivity (Wildman–Crippen MR) is 73.1 cm³/mol. The highest BCUT2D eigenvalue weighted by atomic mass is 79.9. The maximum atomic E-state index is 4.68. The van der Waals surface area contributed by atoms with Crippen LogP contribution in [0.4, 0.5) is 0 Å². The van der Waals surface area contributed by atoms with Crippen LogP contribution >= 0.6 is 15.9 Å². The molecule has 0 aliphatic rings. The van der Waals surface area contributed by atoms with Crippen LogP contribution in [-0.4, -0.2) is 15.1 Å². The first-order chi connectivity index (χ1) is 7.74. The van der Waals surface area contributed by atoms with E-state index in [1.54, 1.807) is 0 Å². The highest BCUT2D eigenvalue weighted by molar-refractivity contribution is 9.09. The summed E-state index contributed by atoms with van der Waals surface area (Å²) < 4.78 is 2.14. The molecule has 0 amide bonds. The minimum atomic E-state index is 0.567. The first-order valence-corrected chi connectivity index (χ1v) is 7.47. The third-order valence-corrected chi connectivity index (χ3v) is 4.19. The van der Waals surface area contributed by atoms with Gasteiger partial charge in [0.15, 0.2) is 0 Å². The molecule has 1 aromatic rings. The fraction of sp³-hybridized carbons (Fsp3) is 0.769. The summed E-state index contributed by atoms with van der Waals surface area (Å²) in [4.78, 5) is 0. The van der Waals surface area contributed by atoms with Crippen molar-refractivity contribution in [1.29, 1.82) is 0 Å². The van der Waals surface area contributed by atoms with Crippen molar-refractivity contribution < 1.29 is 0 Å². The summed E-state index contributed by atoms with van der Waals surface area (Å²) in [5.74, 6) is 0.713. The molecule has 92 valence electrons. The number of alkyl halides is 1. The summed E-state index contributed by atoms with van der Waals surface area (Å²) in [6.45, 7) is 6.69. The Hall–Kier alpha value is -0.310. The van der Waals surface area contributed by atoms with Gasteiger partial charge in [0, 0.05) is 11.5 Å². The molecule has 0 N–H and O–H groups in total. The number of rotatable bonds is 7. The molecule has 0 aliphatic carbocycles. The van der Waals surface area contributed by atoms with E-state index in [9.17, 15) is 0 Å². The average Bonchev–Trinajstić information content (AvgIpc) is 2.76. The van der Waals surface area contributed by atoms with Crippen molar-refractivity contribution in [2.24, 2.45) is 5.92 Å². The van der Waals surface area contributed by atoms with Crippen molar-refractivity contribution >= 4 is 15.9 Å². The number of halogens is 1. The molecule has 0 radical (unpaired) electrons. The van der Waals surface area contributed by atoms with Gasteiger partial charge in [-0.05, 0) is 31.2 Å². The van der Waals surface area contributed by atoms with Gasteiger partial charge in [-0.3, -0.25) is 4.68 Å². The van der Waals surface area contributed by atoms with Crippen LogP contribution in [0, 0.1) is 5.92 Å². The van der Waals surface area contributed by atoms with Crippen LogP contribution in [0.5, 0.6) is 0 Å². The van der Waals surface area contributed by atoms with Crippen molar-refractivity contribution in [2.75, 3.05) is 5.33 Å². The second-order valence-electron chi connectivity index (χ2n) is 4.39. The van der Waals surface area contributed by atoms with Crippen molar-refractivity contribution in [3.05, 3.63) is 18.0 Å². The maximum Gasteiger partial charge on any atom is 0.0627 e. The first kappa shape index (κ1) is 13.8. The van der Waals surface area contributed by atoms with E-state index in [-0.39, 0.29) is 0 Å². The lowest BCUT2D eigenvalue weighted by Gasteiger charge is -2.13. The van der Waals surface area contributed by atoms with Gasteiger partial charge in [-0.2, -0.15) is 5.10 Å². The van der Waals surface area contributed by atoms with E-state index in [1.807, 2.05) is 0 Å². The molecule has 3 heteroatoms. The monoisotopic (exact) mass is 286 g/mol. The van der Waals surface area contributed by atoms with Gasteiger partial charge in [-0.25, -0.2) is 0 Å². The van der Waals surface area contributed by atoms with Crippen LogP contribution in [0.25, 0.3) is 0 Å². The lowest BCUT2D eigenvalue weighted by molar-refractivity contribution is 0.422. The fourth-order valence-corrected chi connectivity index (χ4v) is 2.64. The fourth-order valence-electron chi connectivity index (χ4n) is 1.96. The molecule has 0 aliphatic heterocycles. The Morgan fingerprint density at radius 1 is 1.25 bits per heavy atom. The zero-order valence-corrected chi connectivity index (χ0v) is 12.2. The molecule has 0 bridgehead atoms. The molecular formula is C13H23BrN2. The third kappa shape index (κ3) is 3.62. The Balaban J connectivity index is 2.63. The summed E-state index contributed by atoms with van der Waals surface area (Å²) in [6.07, 6.45) is 6.76. The zero-order chi connectivity index (χ0) is 12.0. The molecule has 1 rings (SSSR count). The molecule has 0 fully saturated rings. The lowest BCUT2D eigenvalue weighted by atomic mass is 10.0. The summed E-state index contributed by atoms with van der Waals surface area (Å²) in [5.41, 5.74) is 1.23. The van der Waals surface area contributed by atoms with Gasteiger partial charge in [-0.15, -0.1) is 0 Å². The van der Waals surface area contributed by atoms with Crippen LogP contribution in [0.1, 0.15) is 51.8 Å². The molecule has 0 aromatic carbocycles. The summed E-state index contributed by atoms with van der Waals surface area (Å²) in [7, 11) is 0. The van der Waals surface area contributed by atoms with Crippen LogP contribution in [0.2, 0.25) is 0 Å².